The van der Waals surface area contributed by atoms with E-state index in [9.17, 15) is 26.7 Å². The van der Waals surface area contributed by atoms with Crippen LogP contribution in [0.1, 0.15) is 12.8 Å². The number of alkyl halides is 5. The largest absolute Gasteiger partial charge is 0.453 e. The molecule has 3 aliphatic rings. The zero-order chi connectivity index (χ0) is 16.3. The Morgan fingerprint density at radius 1 is 1.27 bits per heavy atom. The van der Waals surface area contributed by atoms with Gasteiger partial charge in [0.2, 0.25) is 0 Å². The Hall–Kier alpha value is -1.22. The molecular formula is C13H13F5O4. The molecule has 0 radical (unpaired) electrons. The second-order valence-corrected chi connectivity index (χ2v) is 5.89. The standard InChI is InChI=1S/C13H13F5O4/c14-11(15)9(5-21-12(11,20)13(16,17)18)22-10(19)8-4-6-1-2-7(8)3-6/h1-2,6-9,20H,3-5H2. The summed E-state index contributed by atoms with van der Waals surface area (Å²) in [5.41, 5.74) is 0. The van der Waals surface area contributed by atoms with E-state index >= 15 is 0 Å². The molecule has 0 aromatic heterocycles. The predicted octanol–water partition coefficient (Wildman–Crippen LogP) is 2.03. The highest BCUT2D eigenvalue weighted by atomic mass is 19.4. The minimum atomic E-state index is -5.70. The molecule has 1 saturated carbocycles. The Balaban J connectivity index is 1.71. The van der Waals surface area contributed by atoms with E-state index in [0.29, 0.717) is 12.8 Å². The molecule has 3 rings (SSSR count). The molecule has 2 bridgehead atoms. The highest BCUT2D eigenvalue weighted by Crippen LogP contribution is 2.50. The third-order valence-corrected chi connectivity index (χ3v) is 4.52. The molecule has 124 valence electrons. The lowest BCUT2D eigenvalue weighted by Gasteiger charge is -2.31. The van der Waals surface area contributed by atoms with Gasteiger partial charge in [-0.25, -0.2) is 0 Å². The number of ether oxygens (including phenoxy) is 2. The van der Waals surface area contributed by atoms with Crippen LogP contribution in [0.4, 0.5) is 22.0 Å². The number of rotatable bonds is 2. The van der Waals surface area contributed by atoms with Gasteiger partial charge >= 0.3 is 23.9 Å². The van der Waals surface area contributed by atoms with Crippen LogP contribution in [0.5, 0.6) is 0 Å². The van der Waals surface area contributed by atoms with E-state index in [1.807, 2.05) is 6.08 Å². The van der Waals surface area contributed by atoms with Crippen molar-refractivity contribution in [1.82, 2.24) is 0 Å². The molecule has 1 N–H and O–H groups in total. The quantitative estimate of drug-likeness (QED) is 0.479. The second kappa shape index (κ2) is 4.64. The smallest absolute Gasteiger partial charge is 0.449 e. The van der Waals surface area contributed by atoms with Crippen LogP contribution in [0.15, 0.2) is 12.2 Å². The van der Waals surface area contributed by atoms with Crippen LogP contribution < -0.4 is 0 Å². The van der Waals surface area contributed by atoms with Crippen molar-refractivity contribution < 1.29 is 41.3 Å². The lowest BCUT2D eigenvalue weighted by atomic mass is 9.93. The first-order chi connectivity index (χ1) is 10.1. The number of hydrogen-bond acceptors (Lipinski definition) is 4. The van der Waals surface area contributed by atoms with E-state index in [0.717, 1.165) is 0 Å². The molecule has 9 heteroatoms. The van der Waals surface area contributed by atoms with Crippen LogP contribution >= 0.6 is 0 Å². The van der Waals surface area contributed by atoms with Gasteiger partial charge in [-0.15, -0.1) is 0 Å². The van der Waals surface area contributed by atoms with E-state index in [1.165, 1.54) is 0 Å². The van der Waals surface area contributed by atoms with Crippen molar-refractivity contribution >= 4 is 5.97 Å². The van der Waals surface area contributed by atoms with E-state index in [2.05, 4.69) is 9.47 Å². The van der Waals surface area contributed by atoms with Crippen molar-refractivity contribution in [2.24, 2.45) is 17.8 Å². The minimum absolute atomic E-state index is 0.130. The maximum Gasteiger partial charge on any atom is 0.449 e. The Morgan fingerprint density at radius 3 is 2.41 bits per heavy atom. The average molecular weight is 328 g/mol. The monoisotopic (exact) mass is 328 g/mol. The Labute approximate surface area is 121 Å². The van der Waals surface area contributed by atoms with E-state index in [1.54, 1.807) is 6.08 Å². The number of carbonyl (C=O) groups excluding carboxylic acids is 1. The van der Waals surface area contributed by atoms with Crippen molar-refractivity contribution in [1.29, 1.82) is 0 Å². The third-order valence-electron chi connectivity index (χ3n) is 4.52. The summed E-state index contributed by atoms with van der Waals surface area (Å²) in [5, 5.41) is 9.11. The van der Waals surface area contributed by atoms with Gasteiger partial charge in [0.15, 0.2) is 6.10 Å². The summed E-state index contributed by atoms with van der Waals surface area (Å²) in [7, 11) is 0. The summed E-state index contributed by atoms with van der Waals surface area (Å²) < 4.78 is 73.7. The number of hydrogen-bond donors (Lipinski definition) is 1. The van der Waals surface area contributed by atoms with Crippen molar-refractivity contribution in [2.45, 2.75) is 36.8 Å². The van der Waals surface area contributed by atoms with Crippen LogP contribution in [-0.4, -0.2) is 41.7 Å². The van der Waals surface area contributed by atoms with Crippen LogP contribution in [0.25, 0.3) is 0 Å². The zero-order valence-electron chi connectivity index (χ0n) is 11.1. The summed E-state index contributed by atoms with van der Waals surface area (Å²) in [6.07, 6.45) is -3.31. The topological polar surface area (TPSA) is 55.8 Å². The highest BCUT2D eigenvalue weighted by Gasteiger charge is 2.78. The number of halogens is 5. The summed E-state index contributed by atoms with van der Waals surface area (Å²) in [6.45, 7) is -1.22. The molecular weight excluding hydrogens is 315 g/mol. The van der Waals surface area contributed by atoms with Crippen molar-refractivity contribution in [3.8, 4) is 0 Å². The molecule has 2 fully saturated rings. The maximum atomic E-state index is 13.8. The molecule has 22 heavy (non-hydrogen) atoms. The van der Waals surface area contributed by atoms with Gasteiger partial charge < -0.3 is 14.6 Å². The summed E-state index contributed by atoms with van der Waals surface area (Å²) in [5.74, 6) is -11.0. The molecule has 0 aromatic rings. The molecule has 1 saturated heterocycles. The molecule has 0 aromatic carbocycles. The lowest BCUT2D eigenvalue weighted by Crippen LogP contribution is -2.59. The molecule has 0 spiro atoms. The Bertz CT molecular complexity index is 517. The number of aliphatic hydroxyl groups is 1. The van der Waals surface area contributed by atoms with Crippen LogP contribution in [0, 0.1) is 17.8 Å². The first-order valence-corrected chi connectivity index (χ1v) is 6.76. The summed E-state index contributed by atoms with van der Waals surface area (Å²) in [4.78, 5) is 11.9. The van der Waals surface area contributed by atoms with Gasteiger partial charge in [0.05, 0.1) is 12.5 Å². The first-order valence-electron chi connectivity index (χ1n) is 6.76. The van der Waals surface area contributed by atoms with E-state index < -0.39 is 42.5 Å². The van der Waals surface area contributed by atoms with Gasteiger partial charge in [-0.05, 0) is 24.7 Å². The minimum Gasteiger partial charge on any atom is -0.453 e. The van der Waals surface area contributed by atoms with Crippen molar-refractivity contribution in [3.63, 3.8) is 0 Å². The number of fused-ring (bicyclic) bond motifs is 2. The molecule has 1 heterocycles. The maximum absolute atomic E-state index is 13.8. The normalized spacial score (nSPS) is 42.8. The van der Waals surface area contributed by atoms with Gasteiger partial charge in [0.1, 0.15) is 0 Å². The van der Waals surface area contributed by atoms with Crippen LogP contribution in [0.2, 0.25) is 0 Å². The molecule has 0 amide bonds. The van der Waals surface area contributed by atoms with Gasteiger partial charge in [0.25, 0.3) is 0 Å². The average Bonchev–Trinajstić information content (AvgIpc) is 3.07. The lowest BCUT2D eigenvalue weighted by molar-refractivity contribution is -0.405. The fourth-order valence-electron chi connectivity index (χ4n) is 3.27. The third kappa shape index (κ3) is 2.05. The Kier molecular flexibility index (Phi) is 3.30. The van der Waals surface area contributed by atoms with Gasteiger partial charge in [-0.1, -0.05) is 12.2 Å². The Morgan fingerprint density at radius 2 is 1.95 bits per heavy atom. The van der Waals surface area contributed by atoms with E-state index in [-0.39, 0.29) is 11.8 Å². The number of esters is 1. The van der Waals surface area contributed by atoms with Gasteiger partial charge in [0, 0.05) is 0 Å². The van der Waals surface area contributed by atoms with Gasteiger partial charge in [-0.3, -0.25) is 4.79 Å². The SMILES string of the molecule is O=C(OC1COC(O)(C(F)(F)F)C1(F)F)C1CC2C=CC1C2. The zero-order valence-corrected chi connectivity index (χ0v) is 11.1. The molecule has 1 aliphatic heterocycles. The number of carbonyl (C=O) groups is 1. The molecule has 4 nitrogen and oxygen atoms in total. The highest BCUT2D eigenvalue weighted by molar-refractivity contribution is 5.74. The summed E-state index contributed by atoms with van der Waals surface area (Å²) >= 11 is 0. The number of allylic oxidation sites excluding steroid dienone is 2. The van der Waals surface area contributed by atoms with Crippen molar-refractivity contribution in [3.05, 3.63) is 12.2 Å². The first kappa shape index (κ1) is 15.7. The molecule has 5 atom stereocenters. The van der Waals surface area contributed by atoms with Crippen LogP contribution in [0.3, 0.4) is 0 Å². The summed E-state index contributed by atoms with van der Waals surface area (Å²) in [6, 6.07) is 0. The fraction of sp³-hybridized carbons (Fsp3) is 0.769. The fourth-order valence-corrected chi connectivity index (χ4v) is 3.27. The van der Waals surface area contributed by atoms with E-state index in [4.69, 9.17) is 5.11 Å². The molecule has 2 aliphatic carbocycles. The van der Waals surface area contributed by atoms with Gasteiger partial charge in [-0.2, -0.15) is 22.0 Å². The van der Waals surface area contributed by atoms with Crippen molar-refractivity contribution in [2.75, 3.05) is 6.61 Å². The second-order valence-electron chi connectivity index (χ2n) is 5.89. The molecule has 5 unspecified atom stereocenters. The predicted molar refractivity (Wildman–Crippen MR) is 60.6 cm³/mol. The van der Waals surface area contributed by atoms with Crippen LogP contribution in [-0.2, 0) is 14.3 Å².